The molecule has 0 aliphatic heterocycles. The summed E-state index contributed by atoms with van der Waals surface area (Å²) in [4.78, 5) is 12.0. The van der Waals surface area contributed by atoms with Gasteiger partial charge in [0.15, 0.2) is 5.82 Å². The Morgan fingerprint density at radius 1 is 1.07 bits per heavy atom. The SMILES string of the molecule is Cc1cc(NS(=O)(=O)c2ccc(C(=O)Nc3c(F)cccc3F)cc2)no1. The van der Waals surface area contributed by atoms with Gasteiger partial charge in [0.2, 0.25) is 0 Å². The molecule has 1 heterocycles. The average molecular weight is 393 g/mol. The lowest BCUT2D eigenvalue weighted by molar-refractivity contribution is 0.102. The van der Waals surface area contributed by atoms with Crippen molar-refractivity contribution in [1.82, 2.24) is 5.16 Å². The van der Waals surface area contributed by atoms with Crippen LogP contribution in [0.25, 0.3) is 0 Å². The van der Waals surface area contributed by atoms with Gasteiger partial charge in [0.05, 0.1) is 4.90 Å². The van der Waals surface area contributed by atoms with Gasteiger partial charge in [-0.05, 0) is 43.3 Å². The largest absolute Gasteiger partial charge is 0.360 e. The van der Waals surface area contributed by atoms with Gasteiger partial charge in [-0.15, -0.1) is 0 Å². The Morgan fingerprint density at radius 2 is 1.70 bits per heavy atom. The van der Waals surface area contributed by atoms with Gasteiger partial charge in [-0.2, -0.15) is 0 Å². The van der Waals surface area contributed by atoms with Crippen molar-refractivity contribution in [1.29, 1.82) is 0 Å². The van der Waals surface area contributed by atoms with Crippen molar-refractivity contribution in [3.63, 3.8) is 0 Å². The highest BCUT2D eigenvalue weighted by atomic mass is 32.2. The van der Waals surface area contributed by atoms with Crippen LogP contribution in [0.4, 0.5) is 20.3 Å². The molecule has 140 valence electrons. The quantitative estimate of drug-likeness (QED) is 0.693. The molecule has 0 aliphatic carbocycles. The lowest BCUT2D eigenvalue weighted by Crippen LogP contribution is -2.16. The minimum Gasteiger partial charge on any atom is -0.360 e. The van der Waals surface area contributed by atoms with Gasteiger partial charge in [0.25, 0.3) is 15.9 Å². The number of nitrogens with one attached hydrogen (secondary N) is 2. The summed E-state index contributed by atoms with van der Waals surface area (Å²) in [6, 6.07) is 9.39. The van der Waals surface area contributed by atoms with E-state index in [0.717, 1.165) is 12.1 Å². The number of anilines is 2. The highest BCUT2D eigenvalue weighted by Crippen LogP contribution is 2.20. The van der Waals surface area contributed by atoms with Gasteiger partial charge in [0.1, 0.15) is 23.1 Å². The van der Waals surface area contributed by atoms with Gasteiger partial charge in [0, 0.05) is 11.6 Å². The van der Waals surface area contributed by atoms with Crippen LogP contribution >= 0.6 is 0 Å². The zero-order valence-electron chi connectivity index (χ0n) is 13.9. The number of hydrogen-bond donors (Lipinski definition) is 2. The fraction of sp³-hybridized carbons (Fsp3) is 0.0588. The number of amides is 1. The van der Waals surface area contributed by atoms with Gasteiger partial charge in [-0.3, -0.25) is 9.52 Å². The van der Waals surface area contributed by atoms with Crippen LogP contribution < -0.4 is 10.0 Å². The fourth-order valence-corrected chi connectivity index (χ4v) is 3.18. The minimum absolute atomic E-state index is 0.0179. The fourth-order valence-electron chi connectivity index (χ4n) is 2.20. The van der Waals surface area contributed by atoms with Crippen molar-refractivity contribution in [3.05, 3.63) is 71.5 Å². The first-order valence-corrected chi connectivity index (χ1v) is 9.06. The Bertz CT molecular complexity index is 1080. The molecule has 1 aromatic heterocycles. The van der Waals surface area contributed by atoms with Crippen molar-refractivity contribution in [2.24, 2.45) is 0 Å². The van der Waals surface area contributed by atoms with E-state index in [1.807, 2.05) is 0 Å². The molecule has 3 aromatic rings. The Labute approximate surface area is 153 Å². The first kappa shape index (κ1) is 18.5. The van der Waals surface area contributed by atoms with E-state index in [4.69, 9.17) is 4.52 Å². The second-order valence-corrected chi connectivity index (χ2v) is 7.19. The molecule has 0 bridgehead atoms. The third kappa shape index (κ3) is 4.11. The van der Waals surface area contributed by atoms with E-state index in [2.05, 4.69) is 15.2 Å². The molecule has 2 aromatic carbocycles. The summed E-state index contributed by atoms with van der Waals surface area (Å²) in [6.07, 6.45) is 0. The predicted octanol–water partition coefficient (Wildman–Crippen LogP) is 3.31. The molecule has 0 saturated carbocycles. The van der Waals surface area contributed by atoms with Crippen LogP contribution in [0.3, 0.4) is 0 Å². The summed E-state index contributed by atoms with van der Waals surface area (Å²) < 4.78 is 58.8. The van der Waals surface area contributed by atoms with Crippen LogP contribution in [0.5, 0.6) is 0 Å². The summed E-state index contributed by atoms with van der Waals surface area (Å²) in [5.41, 5.74) is -0.559. The summed E-state index contributed by atoms with van der Waals surface area (Å²) >= 11 is 0. The number of para-hydroxylation sites is 1. The molecule has 0 saturated heterocycles. The molecule has 0 spiro atoms. The number of halogens is 2. The summed E-state index contributed by atoms with van der Waals surface area (Å²) in [6.45, 7) is 1.61. The third-order valence-corrected chi connectivity index (χ3v) is 4.87. The van der Waals surface area contributed by atoms with Gasteiger partial charge >= 0.3 is 0 Å². The molecule has 3 rings (SSSR count). The van der Waals surface area contributed by atoms with Crippen molar-refractivity contribution < 1.29 is 26.5 Å². The molecular weight excluding hydrogens is 380 g/mol. The maximum atomic E-state index is 13.6. The molecule has 7 nitrogen and oxygen atoms in total. The third-order valence-electron chi connectivity index (χ3n) is 3.49. The van der Waals surface area contributed by atoms with Crippen LogP contribution in [0.1, 0.15) is 16.1 Å². The van der Waals surface area contributed by atoms with Crippen molar-refractivity contribution in [2.75, 3.05) is 10.0 Å². The monoisotopic (exact) mass is 393 g/mol. The maximum Gasteiger partial charge on any atom is 0.263 e. The van der Waals surface area contributed by atoms with Crippen molar-refractivity contribution in [2.45, 2.75) is 11.8 Å². The molecule has 1 amide bonds. The van der Waals surface area contributed by atoms with E-state index in [1.54, 1.807) is 6.92 Å². The zero-order chi connectivity index (χ0) is 19.6. The Kier molecular flexibility index (Phi) is 4.91. The smallest absolute Gasteiger partial charge is 0.263 e. The number of nitrogens with zero attached hydrogens (tertiary/aromatic N) is 1. The number of benzene rings is 2. The molecule has 2 N–H and O–H groups in total. The predicted molar refractivity (Wildman–Crippen MR) is 92.8 cm³/mol. The van der Waals surface area contributed by atoms with Gasteiger partial charge < -0.3 is 9.84 Å². The first-order valence-electron chi connectivity index (χ1n) is 7.58. The van der Waals surface area contributed by atoms with Crippen LogP contribution in [0, 0.1) is 18.6 Å². The maximum absolute atomic E-state index is 13.6. The molecule has 0 fully saturated rings. The van der Waals surface area contributed by atoms with E-state index in [0.29, 0.717) is 5.76 Å². The number of hydrogen-bond acceptors (Lipinski definition) is 5. The van der Waals surface area contributed by atoms with E-state index < -0.39 is 33.3 Å². The number of carbonyl (C=O) groups is 1. The molecule has 0 radical (unpaired) electrons. The number of aromatic nitrogens is 1. The number of carbonyl (C=O) groups excluding carboxylic acids is 1. The molecule has 0 atom stereocenters. The highest BCUT2D eigenvalue weighted by molar-refractivity contribution is 7.92. The van der Waals surface area contributed by atoms with Gasteiger partial charge in [-0.1, -0.05) is 11.2 Å². The molecule has 10 heteroatoms. The Hall–Kier alpha value is -3.27. The minimum atomic E-state index is -3.94. The van der Waals surface area contributed by atoms with Crippen LogP contribution in [0.2, 0.25) is 0 Å². The van der Waals surface area contributed by atoms with E-state index in [9.17, 15) is 22.0 Å². The topological polar surface area (TPSA) is 101 Å². The average Bonchev–Trinajstić information content (AvgIpc) is 3.02. The molecule has 27 heavy (non-hydrogen) atoms. The first-order chi connectivity index (χ1) is 12.8. The highest BCUT2D eigenvalue weighted by Gasteiger charge is 2.18. The second-order valence-electron chi connectivity index (χ2n) is 5.50. The summed E-state index contributed by atoms with van der Waals surface area (Å²) in [5, 5.41) is 5.65. The van der Waals surface area contributed by atoms with E-state index in [-0.39, 0.29) is 16.3 Å². The van der Waals surface area contributed by atoms with Crippen LogP contribution in [-0.4, -0.2) is 19.5 Å². The molecule has 0 aliphatic rings. The second kappa shape index (κ2) is 7.16. The zero-order valence-corrected chi connectivity index (χ0v) is 14.7. The van der Waals surface area contributed by atoms with E-state index >= 15 is 0 Å². The van der Waals surface area contributed by atoms with Gasteiger partial charge in [-0.25, -0.2) is 17.2 Å². The number of aryl methyl sites for hydroxylation is 1. The summed E-state index contributed by atoms with van der Waals surface area (Å²) in [5.74, 6) is -2.18. The lowest BCUT2D eigenvalue weighted by atomic mass is 10.2. The number of rotatable bonds is 5. The molecular formula is C17H13F2N3O4S. The van der Waals surface area contributed by atoms with Crippen molar-refractivity contribution in [3.8, 4) is 0 Å². The van der Waals surface area contributed by atoms with E-state index in [1.165, 1.54) is 36.4 Å². The van der Waals surface area contributed by atoms with Crippen molar-refractivity contribution >= 4 is 27.4 Å². The normalized spacial score (nSPS) is 11.2. The molecule has 0 unspecified atom stereocenters. The van der Waals surface area contributed by atoms with Crippen LogP contribution in [-0.2, 0) is 10.0 Å². The number of sulfonamides is 1. The Morgan fingerprint density at radius 3 is 2.26 bits per heavy atom. The Balaban J connectivity index is 1.77. The standard InChI is InChI=1S/C17H13F2N3O4S/c1-10-9-15(21-26-10)22-27(24,25)12-7-5-11(6-8-12)17(23)20-16-13(18)3-2-4-14(16)19/h2-9H,1H3,(H,20,23)(H,21,22). The van der Waals surface area contributed by atoms with Crippen LogP contribution in [0.15, 0.2) is 57.9 Å². The summed E-state index contributed by atoms with van der Waals surface area (Å²) in [7, 11) is -3.94. The lowest BCUT2D eigenvalue weighted by Gasteiger charge is -2.09.